The molecule has 1 unspecified atom stereocenters. The van der Waals surface area contributed by atoms with Gasteiger partial charge in [0.15, 0.2) is 0 Å². The van der Waals surface area contributed by atoms with Crippen LogP contribution in [0.15, 0.2) is 16.3 Å². The number of hydrogen-bond acceptors (Lipinski definition) is 4. The molecule has 1 aliphatic heterocycles. The van der Waals surface area contributed by atoms with E-state index >= 15 is 0 Å². The van der Waals surface area contributed by atoms with Gasteiger partial charge in [0.05, 0.1) is 6.04 Å². The zero-order valence-electron chi connectivity index (χ0n) is 11.3. The van der Waals surface area contributed by atoms with Gasteiger partial charge < -0.3 is 0 Å². The molecule has 0 saturated carbocycles. The third-order valence-corrected chi connectivity index (χ3v) is 7.08. The van der Waals surface area contributed by atoms with Gasteiger partial charge in [-0.15, -0.1) is 11.3 Å². The molecule has 1 atom stereocenters. The molecule has 0 spiro atoms. The Morgan fingerprint density at radius 2 is 2.16 bits per heavy atom. The first kappa shape index (κ1) is 14.7. The molecule has 2 rings (SSSR count). The monoisotopic (exact) mass is 301 g/mol. The molecule has 2 heterocycles. The fourth-order valence-corrected chi connectivity index (χ4v) is 5.54. The summed E-state index contributed by atoms with van der Waals surface area (Å²) in [5, 5.41) is 0. The van der Waals surface area contributed by atoms with Gasteiger partial charge in [0.2, 0.25) is 0 Å². The summed E-state index contributed by atoms with van der Waals surface area (Å²) in [5.41, 5.74) is 0. The molecule has 0 amide bonds. The number of rotatable bonds is 4. The van der Waals surface area contributed by atoms with Crippen molar-refractivity contribution in [3.63, 3.8) is 0 Å². The zero-order valence-corrected chi connectivity index (χ0v) is 12.9. The van der Waals surface area contributed by atoms with E-state index in [-0.39, 0.29) is 5.78 Å². The van der Waals surface area contributed by atoms with Crippen molar-refractivity contribution < 1.29 is 13.2 Å². The molecule has 1 saturated heterocycles. The minimum Gasteiger partial charge on any atom is -0.298 e. The summed E-state index contributed by atoms with van der Waals surface area (Å²) in [6, 6.07) is 3.03. The van der Waals surface area contributed by atoms with Crippen LogP contribution in [0, 0.1) is 0 Å². The number of sulfonamides is 1. The van der Waals surface area contributed by atoms with Gasteiger partial charge in [0.1, 0.15) is 9.99 Å². The molecule has 0 radical (unpaired) electrons. The SMILES string of the molecule is CCc1ccc(S(=O)(=O)N2CCCCC2C(C)=O)s1. The van der Waals surface area contributed by atoms with Crippen LogP contribution in [0.5, 0.6) is 0 Å². The molecule has 1 aromatic rings. The lowest BCUT2D eigenvalue weighted by Crippen LogP contribution is -2.46. The molecule has 106 valence electrons. The average Bonchev–Trinajstić information content (AvgIpc) is 2.88. The third kappa shape index (κ3) is 2.90. The maximum atomic E-state index is 12.6. The third-order valence-electron chi connectivity index (χ3n) is 3.47. The second-order valence-electron chi connectivity index (χ2n) is 4.81. The average molecular weight is 301 g/mol. The minimum atomic E-state index is -3.51. The van der Waals surface area contributed by atoms with Crippen LogP contribution < -0.4 is 0 Å². The molecule has 0 N–H and O–H groups in total. The first-order valence-corrected chi connectivity index (χ1v) is 8.83. The molecule has 4 nitrogen and oxygen atoms in total. The number of nitrogens with zero attached hydrogens (tertiary/aromatic N) is 1. The largest absolute Gasteiger partial charge is 0.298 e. The van der Waals surface area contributed by atoms with E-state index in [0.717, 1.165) is 24.1 Å². The number of piperidine rings is 1. The summed E-state index contributed by atoms with van der Waals surface area (Å²) in [6.45, 7) is 3.93. The fourth-order valence-electron chi connectivity index (χ4n) is 2.40. The van der Waals surface area contributed by atoms with Gasteiger partial charge in [-0.3, -0.25) is 4.79 Å². The highest BCUT2D eigenvalue weighted by Gasteiger charge is 2.36. The molecule has 0 aromatic carbocycles. The highest BCUT2D eigenvalue weighted by atomic mass is 32.2. The summed E-state index contributed by atoms with van der Waals surface area (Å²) >= 11 is 1.31. The Bertz CT molecular complexity index is 562. The van der Waals surface area contributed by atoms with Crippen molar-refractivity contribution in [2.45, 2.75) is 49.8 Å². The van der Waals surface area contributed by atoms with Crippen molar-refractivity contribution >= 4 is 27.1 Å². The van der Waals surface area contributed by atoms with Crippen molar-refractivity contribution in [2.75, 3.05) is 6.54 Å². The predicted octanol–water partition coefficient (Wildman–Crippen LogP) is 2.44. The van der Waals surface area contributed by atoms with E-state index in [2.05, 4.69) is 0 Å². The lowest BCUT2D eigenvalue weighted by atomic mass is 10.0. The Balaban J connectivity index is 2.34. The Morgan fingerprint density at radius 1 is 1.42 bits per heavy atom. The highest BCUT2D eigenvalue weighted by molar-refractivity contribution is 7.91. The van der Waals surface area contributed by atoms with Crippen molar-refractivity contribution in [3.8, 4) is 0 Å². The number of carbonyl (C=O) groups is 1. The van der Waals surface area contributed by atoms with Crippen LogP contribution in [0.1, 0.15) is 38.0 Å². The highest BCUT2D eigenvalue weighted by Crippen LogP contribution is 2.30. The second-order valence-corrected chi connectivity index (χ2v) is 8.10. The van der Waals surface area contributed by atoms with Gasteiger partial charge in [0.25, 0.3) is 10.0 Å². The van der Waals surface area contributed by atoms with Gasteiger partial charge in [0, 0.05) is 11.4 Å². The summed E-state index contributed by atoms with van der Waals surface area (Å²) < 4.78 is 27.0. The van der Waals surface area contributed by atoms with Crippen LogP contribution in [0.3, 0.4) is 0 Å². The quantitative estimate of drug-likeness (QED) is 0.858. The Morgan fingerprint density at radius 3 is 2.74 bits per heavy atom. The first-order chi connectivity index (χ1) is 8.96. The van der Waals surface area contributed by atoms with Gasteiger partial charge >= 0.3 is 0 Å². The second kappa shape index (κ2) is 5.73. The van der Waals surface area contributed by atoms with E-state index in [4.69, 9.17) is 0 Å². The topological polar surface area (TPSA) is 54.5 Å². The summed E-state index contributed by atoms with van der Waals surface area (Å²) in [6.07, 6.45) is 3.22. The smallest absolute Gasteiger partial charge is 0.253 e. The first-order valence-electron chi connectivity index (χ1n) is 6.58. The van der Waals surface area contributed by atoms with Crippen molar-refractivity contribution in [1.29, 1.82) is 0 Å². The Kier molecular flexibility index (Phi) is 4.43. The molecule has 19 heavy (non-hydrogen) atoms. The van der Waals surface area contributed by atoms with Crippen molar-refractivity contribution in [3.05, 3.63) is 17.0 Å². The number of aryl methyl sites for hydroxylation is 1. The van der Waals surface area contributed by atoms with Crippen LogP contribution in [-0.4, -0.2) is 31.1 Å². The van der Waals surface area contributed by atoms with Crippen LogP contribution in [-0.2, 0) is 21.2 Å². The minimum absolute atomic E-state index is 0.0597. The maximum Gasteiger partial charge on any atom is 0.253 e. The molecule has 1 aliphatic rings. The van der Waals surface area contributed by atoms with Crippen LogP contribution in [0.25, 0.3) is 0 Å². The molecule has 6 heteroatoms. The zero-order chi connectivity index (χ0) is 14.0. The van der Waals surface area contributed by atoms with E-state index in [1.165, 1.54) is 22.6 Å². The van der Waals surface area contributed by atoms with Crippen molar-refractivity contribution in [2.24, 2.45) is 0 Å². The summed E-state index contributed by atoms with van der Waals surface area (Å²) in [7, 11) is -3.51. The maximum absolute atomic E-state index is 12.6. The number of carbonyl (C=O) groups excluding carboxylic acids is 1. The predicted molar refractivity (Wildman–Crippen MR) is 75.9 cm³/mol. The van der Waals surface area contributed by atoms with Crippen LogP contribution in [0.4, 0.5) is 0 Å². The lowest BCUT2D eigenvalue weighted by Gasteiger charge is -2.32. The van der Waals surface area contributed by atoms with Gasteiger partial charge in [-0.1, -0.05) is 13.3 Å². The lowest BCUT2D eigenvalue weighted by molar-refractivity contribution is -0.121. The van der Waals surface area contributed by atoms with Gasteiger partial charge in [-0.05, 0) is 38.3 Å². The molecular weight excluding hydrogens is 282 g/mol. The van der Waals surface area contributed by atoms with Crippen LogP contribution >= 0.6 is 11.3 Å². The summed E-state index contributed by atoms with van der Waals surface area (Å²) in [5.74, 6) is -0.0597. The van der Waals surface area contributed by atoms with Gasteiger partial charge in [-0.25, -0.2) is 8.42 Å². The molecule has 0 aliphatic carbocycles. The van der Waals surface area contributed by atoms with Crippen LogP contribution in [0.2, 0.25) is 0 Å². The number of Topliss-reactive ketones (excluding diaryl/α,β-unsaturated/α-hetero) is 1. The van der Waals surface area contributed by atoms with Crippen molar-refractivity contribution in [1.82, 2.24) is 4.31 Å². The number of ketones is 1. The Labute approximate surface area is 118 Å². The number of thiophene rings is 1. The normalized spacial score (nSPS) is 21.5. The van der Waals surface area contributed by atoms with E-state index in [1.807, 2.05) is 13.0 Å². The molecular formula is C13H19NO3S2. The number of hydrogen-bond donors (Lipinski definition) is 0. The van der Waals surface area contributed by atoms with E-state index < -0.39 is 16.1 Å². The molecule has 1 aromatic heterocycles. The molecule has 1 fully saturated rings. The summed E-state index contributed by atoms with van der Waals surface area (Å²) in [4.78, 5) is 12.7. The van der Waals surface area contributed by atoms with E-state index in [0.29, 0.717) is 17.2 Å². The standard InChI is InChI=1S/C13H19NO3S2/c1-3-11-7-8-13(18-11)19(16,17)14-9-5-4-6-12(14)10(2)15/h7-8,12H,3-6,9H2,1-2H3. The fraction of sp³-hybridized carbons (Fsp3) is 0.615. The van der Waals surface area contributed by atoms with Gasteiger partial charge in [-0.2, -0.15) is 4.31 Å². The Hall–Kier alpha value is -0.720. The van der Waals surface area contributed by atoms with E-state index in [9.17, 15) is 13.2 Å². The van der Waals surface area contributed by atoms with E-state index in [1.54, 1.807) is 6.07 Å². The molecule has 0 bridgehead atoms.